The number of carbonyl (C=O) groups excluding carboxylic acids is 1. The maximum absolute atomic E-state index is 13.3. The Morgan fingerprint density at radius 3 is 2.95 bits per heavy atom. The van der Waals surface area contributed by atoms with E-state index in [0.29, 0.717) is 18.7 Å². The molecule has 1 aliphatic rings. The van der Waals surface area contributed by atoms with E-state index in [1.54, 1.807) is 6.92 Å². The van der Waals surface area contributed by atoms with Crippen molar-refractivity contribution in [1.29, 1.82) is 0 Å². The van der Waals surface area contributed by atoms with Crippen LogP contribution >= 0.6 is 0 Å². The van der Waals surface area contributed by atoms with Crippen LogP contribution in [0.3, 0.4) is 0 Å². The Labute approximate surface area is 116 Å². The third kappa shape index (κ3) is 3.39. The molecule has 0 bridgehead atoms. The first-order chi connectivity index (χ1) is 9.47. The predicted molar refractivity (Wildman–Crippen MR) is 71.7 cm³/mol. The van der Waals surface area contributed by atoms with Crippen molar-refractivity contribution < 1.29 is 14.1 Å². The number of benzene rings is 1. The average Bonchev–Trinajstić information content (AvgIpc) is 2.38. The lowest BCUT2D eigenvalue weighted by molar-refractivity contribution is -0.385. The van der Waals surface area contributed by atoms with Crippen LogP contribution in [0, 0.1) is 21.8 Å². The smallest absolute Gasteiger partial charge is 0.274 e. The molecule has 0 saturated carbocycles. The van der Waals surface area contributed by atoms with Crippen LogP contribution in [0.5, 0.6) is 0 Å². The van der Waals surface area contributed by atoms with Crippen LogP contribution in [-0.2, 0) is 11.3 Å². The molecule has 0 aliphatic carbocycles. The van der Waals surface area contributed by atoms with E-state index in [1.807, 2.05) is 4.90 Å². The fraction of sp³-hybridized carbons (Fsp3) is 0.500. The fourth-order valence-electron chi connectivity index (χ4n) is 2.63. The van der Waals surface area contributed by atoms with Crippen molar-refractivity contribution in [2.75, 3.05) is 13.1 Å². The summed E-state index contributed by atoms with van der Waals surface area (Å²) in [5, 5.41) is 11.0. The van der Waals surface area contributed by atoms with E-state index in [1.165, 1.54) is 12.1 Å². The first-order valence-electron chi connectivity index (χ1n) is 6.63. The van der Waals surface area contributed by atoms with Crippen LogP contribution in [0.15, 0.2) is 18.2 Å². The molecule has 1 aromatic rings. The molecule has 1 aliphatic heterocycles. The van der Waals surface area contributed by atoms with Gasteiger partial charge in [0.15, 0.2) is 0 Å². The molecule has 20 heavy (non-hydrogen) atoms. The standard InChI is InChI=1S/C14H17FN2O3/c1-10(18)11-3-2-6-16(8-11)9-12-7-13(15)4-5-14(12)17(19)20/h4-5,7,11H,2-3,6,8-9H2,1H3. The quantitative estimate of drug-likeness (QED) is 0.628. The molecule has 1 aromatic carbocycles. The van der Waals surface area contributed by atoms with Crippen LogP contribution in [0.1, 0.15) is 25.3 Å². The second kappa shape index (κ2) is 6.09. The lowest BCUT2D eigenvalue weighted by Gasteiger charge is -2.31. The Morgan fingerprint density at radius 1 is 1.55 bits per heavy atom. The van der Waals surface area contributed by atoms with Crippen LogP contribution in [0.25, 0.3) is 0 Å². The van der Waals surface area contributed by atoms with Gasteiger partial charge in [-0.2, -0.15) is 0 Å². The van der Waals surface area contributed by atoms with Gasteiger partial charge in [-0.05, 0) is 38.4 Å². The second-order valence-corrected chi connectivity index (χ2v) is 5.22. The van der Waals surface area contributed by atoms with Gasteiger partial charge in [-0.15, -0.1) is 0 Å². The Hall–Kier alpha value is -1.82. The number of likely N-dealkylation sites (tertiary alicyclic amines) is 1. The first kappa shape index (κ1) is 14.6. The van der Waals surface area contributed by atoms with Crippen molar-refractivity contribution in [2.24, 2.45) is 5.92 Å². The average molecular weight is 280 g/mol. The number of nitro groups is 1. The molecular weight excluding hydrogens is 263 g/mol. The van der Waals surface area contributed by atoms with Crippen molar-refractivity contribution in [3.05, 3.63) is 39.7 Å². The van der Waals surface area contributed by atoms with Crippen molar-refractivity contribution in [1.82, 2.24) is 4.90 Å². The molecule has 5 nitrogen and oxygen atoms in total. The molecule has 1 atom stereocenters. The fourth-order valence-corrected chi connectivity index (χ4v) is 2.63. The lowest BCUT2D eigenvalue weighted by Crippen LogP contribution is -2.37. The van der Waals surface area contributed by atoms with Gasteiger partial charge in [0.1, 0.15) is 11.6 Å². The molecule has 1 fully saturated rings. The van der Waals surface area contributed by atoms with E-state index in [4.69, 9.17) is 0 Å². The Morgan fingerprint density at radius 2 is 2.30 bits per heavy atom. The number of Topliss-reactive ketones (excluding diaryl/α,β-unsaturated/α-hetero) is 1. The SMILES string of the molecule is CC(=O)C1CCCN(Cc2cc(F)ccc2[N+](=O)[O-])C1. The Balaban J connectivity index is 2.15. The largest absolute Gasteiger partial charge is 0.300 e. The van der Waals surface area contributed by atoms with E-state index in [0.717, 1.165) is 25.5 Å². The first-order valence-corrected chi connectivity index (χ1v) is 6.63. The van der Waals surface area contributed by atoms with E-state index in [9.17, 15) is 19.3 Å². The number of piperidine rings is 1. The van der Waals surface area contributed by atoms with Gasteiger partial charge in [-0.25, -0.2) is 4.39 Å². The number of carbonyl (C=O) groups is 1. The molecule has 0 N–H and O–H groups in total. The summed E-state index contributed by atoms with van der Waals surface area (Å²) in [4.78, 5) is 23.9. The molecule has 0 spiro atoms. The van der Waals surface area contributed by atoms with Gasteiger partial charge in [-0.3, -0.25) is 19.8 Å². The summed E-state index contributed by atoms with van der Waals surface area (Å²) in [6.45, 7) is 3.23. The van der Waals surface area contributed by atoms with Gasteiger partial charge in [-0.1, -0.05) is 0 Å². The van der Waals surface area contributed by atoms with Crippen molar-refractivity contribution in [3.63, 3.8) is 0 Å². The van der Waals surface area contributed by atoms with Gasteiger partial charge in [0.05, 0.1) is 4.92 Å². The van der Waals surface area contributed by atoms with Crippen molar-refractivity contribution >= 4 is 11.5 Å². The van der Waals surface area contributed by atoms with E-state index < -0.39 is 10.7 Å². The monoisotopic (exact) mass is 280 g/mol. The molecule has 0 aromatic heterocycles. The molecular formula is C14H17FN2O3. The van der Waals surface area contributed by atoms with E-state index in [-0.39, 0.29) is 17.4 Å². The molecule has 108 valence electrons. The highest BCUT2D eigenvalue weighted by Crippen LogP contribution is 2.24. The number of hydrogen-bond acceptors (Lipinski definition) is 4. The van der Waals surface area contributed by atoms with Gasteiger partial charge < -0.3 is 0 Å². The number of nitro benzene ring substituents is 1. The van der Waals surface area contributed by atoms with Gasteiger partial charge >= 0.3 is 0 Å². The Kier molecular flexibility index (Phi) is 4.44. The molecule has 6 heteroatoms. The number of ketones is 1. The summed E-state index contributed by atoms with van der Waals surface area (Å²) < 4.78 is 13.3. The normalized spacial score (nSPS) is 19.8. The summed E-state index contributed by atoms with van der Waals surface area (Å²) in [5.74, 6) is -0.356. The molecule has 0 amide bonds. The van der Waals surface area contributed by atoms with Crippen LogP contribution in [-0.4, -0.2) is 28.7 Å². The summed E-state index contributed by atoms with van der Waals surface area (Å²) in [7, 11) is 0. The highest BCUT2D eigenvalue weighted by atomic mass is 19.1. The van der Waals surface area contributed by atoms with E-state index in [2.05, 4.69) is 0 Å². The third-order valence-electron chi connectivity index (χ3n) is 3.71. The minimum absolute atomic E-state index is 0.0173. The number of halogens is 1. The third-order valence-corrected chi connectivity index (χ3v) is 3.71. The van der Waals surface area contributed by atoms with Crippen LogP contribution in [0.4, 0.5) is 10.1 Å². The zero-order chi connectivity index (χ0) is 14.7. The highest BCUT2D eigenvalue weighted by Gasteiger charge is 2.25. The van der Waals surface area contributed by atoms with Gasteiger partial charge in [0.25, 0.3) is 5.69 Å². The summed E-state index contributed by atoms with van der Waals surface area (Å²) in [5.41, 5.74) is 0.288. The molecule has 1 saturated heterocycles. The summed E-state index contributed by atoms with van der Waals surface area (Å²) >= 11 is 0. The van der Waals surface area contributed by atoms with E-state index >= 15 is 0 Å². The lowest BCUT2D eigenvalue weighted by atomic mass is 9.94. The Bertz CT molecular complexity index is 533. The van der Waals surface area contributed by atoms with Crippen molar-refractivity contribution in [2.45, 2.75) is 26.3 Å². The van der Waals surface area contributed by atoms with Crippen molar-refractivity contribution in [3.8, 4) is 0 Å². The molecule has 2 rings (SSSR count). The molecule has 0 radical (unpaired) electrons. The zero-order valence-electron chi connectivity index (χ0n) is 11.3. The number of rotatable bonds is 4. The molecule has 1 heterocycles. The number of nitrogens with zero attached hydrogens (tertiary/aromatic N) is 2. The maximum atomic E-state index is 13.3. The summed E-state index contributed by atoms with van der Waals surface area (Å²) in [6, 6.07) is 3.49. The minimum Gasteiger partial charge on any atom is -0.300 e. The molecule has 1 unspecified atom stereocenters. The minimum atomic E-state index is -0.499. The zero-order valence-corrected chi connectivity index (χ0v) is 11.3. The van der Waals surface area contributed by atoms with Gasteiger partial charge in [0.2, 0.25) is 0 Å². The topological polar surface area (TPSA) is 63.5 Å². The summed E-state index contributed by atoms with van der Waals surface area (Å²) in [6.07, 6.45) is 1.74. The maximum Gasteiger partial charge on any atom is 0.274 e. The van der Waals surface area contributed by atoms with Gasteiger partial charge in [0, 0.05) is 30.6 Å². The second-order valence-electron chi connectivity index (χ2n) is 5.22. The van der Waals surface area contributed by atoms with Crippen LogP contribution in [0.2, 0.25) is 0 Å². The van der Waals surface area contributed by atoms with Crippen LogP contribution < -0.4 is 0 Å². The number of hydrogen-bond donors (Lipinski definition) is 0. The highest BCUT2D eigenvalue weighted by molar-refractivity contribution is 5.78. The predicted octanol–water partition coefficient (Wildman–Crippen LogP) is 2.53.